The van der Waals surface area contributed by atoms with Gasteiger partial charge in [-0.3, -0.25) is 4.90 Å². The summed E-state index contributed by atoms with van der Waals surface area (Å²) in [5, 5.41) is 0.131. The van der Waals surface area contributed by atoms with Crippen LogP contribution in [0.3, 0.4) is 0 Å². The molecule has 2 heterocycles. The third kappa shape index (κ3) is 4.68. The van der Waals surface area contributed by atoms with Gasteiger partial charge in [0.05, 0.1) is 24.5 Å². The minimum absolute atomic E-state index is 0.0629. The Bertz CT molecular complexity index is 796. The molecule has 2 aromatic rings. The second-order valence-electron chi connectivity index (χ2n) is 6.71. The van der Waals surface area contributed by atoms with Gasteiger partial charge in [-0.2, -0.15) is 0 Å². The van der Waals surface area contributed by atoms with Gasteiger partial charge >= 0.3 is 0 Å². The highest BCUT2D eigenvalue weighted by molar-refractivity contribution is 7.90. The van der Waals surface area contributed by atoms with Crippen molar-refractivity contribution in [2.45, 2.75) is 43.7 Å². The molecule has 0 unspecified atom stereocenters. The fourth-order valence-corrected chi connectivity index (χ4v) is 4.07. The first-order valence-corrected chi connectivity index (χ1v) is 10.4. The zero-order valence-corrected chi connectivity index (χ0v) is 15.6. The third-order valence-corrected chi connectivity index (χ3v) is 5.36. The molecule has 1 aliphatic heterocycles. The highest BCUT2D eigenvalue weighted by Gasteiger charge is 2.24. The maximum atomic E-state index is 12.1. The molecule has 0 amide bonds. The van der Waals surface area contributed by atoms with Gasteiger partial charge < -0.3 is 9.30 Å². The van der Waals surface area contributed by atoms with Gasteiger partial charge in [0.15, 0.2) is 0 Å². The van der Waals surface area contributed by atoms with E-state index in [-0.39, 0.29) is 11.3 Å². The third-order valence-electron chi connectivity index (χ3n) is 4.37. The molecular formula is C18H25N3O3S. The van der Waals surface area contributed by atoms with Gasteiger partial charge in [-0.15, -0.1) is 0 Å². The lowest BCUT2D eigenvalue weighted by Gasteiger charge is -2.20. The second-order valence-corrected chi connectivity index (χ2v) is 8.62. The molecule has 6 nitrogen and oxygen atoms in total. The minimum atomic E-state index is -3.37. The highest BCUT2D eigenvalue weighted by atomic mass is 32.2. The number of aromatic nitrogens is 2. The van der Waals surface area contributed by atoms with Crippen LogP contribution in [0.4, 0.5) is 0 Å². The van der Waals surface area contributed by atoms with Gasteiger partial charge in [0.2, 0.25) is 15.0 Å². The Labute approximate surface area is 149 Å². The van der Waals surface area contributed by atoms with Crippen LogP contribution in [0.25, 0.3) is 0 Å². The van der Waals surface area contributed by atoms with Gasteiger partial charge in [-0.1, -0.05) is 30.3 Å². The molecular weight excluding hydrogens is 338 g/mol. The average molecular weight is 363 g/mol. The molecule has 0 spiro atoms. The van der Waals surface area contributed by atoms with Crippen LogP contribution in [0.1, 0.15) is 24.1 Å². The molecule has 0 radical (unpaired) electrons. The van der Waals surface area contributed by atoms with Gasteiger partial charge in [-0.05, 0) is 25.5 Å². The van der Waals surface area contributed by atoms with Crippen molar-refractivity contribution in [3.05, 3.63) is 47.8 Å². The van der Waals surface area contributed by atoms with Crippen LogP contribution in [0.5, 0.6) is 0 Å². The van der Waals surface area contributed by atoms with Crippen molar-refractivity contribution in [3.63, 3.8) is 0 Å². The topological polar surface area (TPSA) is 64.4 Å². The molecule has 0 saturated carbocycles. The fraction of sp³-hybridized carbons (Fsp3) is 0.500. The van der Waals surface area contributed by atoms with E-state index in [1.165, 1.54) is 11.8 Å². The van der Waals surface area contributed by atoms with Crippen molar-refractivity contribution in [2.24, 2.45) is 0 Å². The maximum absolute atomic E-state index is 12.1. The Hall–Kier alpha value is -1.70. The zero-order chi connectivity index (χ0) is 17.9. The summed E-state index contributed by atoms with van der Waals surface area (Å²) in [5.41, 5.74) is 2.12. The summed E-state index contributed by atoms with van der Waals surface area (Å²) in [5.74, 6) is 0. The summed E-state index contributed by atoms with van der Waals surface area (Å²) >= 11 is 0. The highest BCUT2D eigenvalue weighted by Crippen LogP contribution is 2.20. The lowest BCUT2D eigenvalue weighted by molar-refractivity contribution is 0.0934. The number of imidazole rings is 1. The van der Waals surface area contributed by atoms with Gasteiger partial charge in [-0.25, -0.2) is 13.4 Å². The van der Waals surface area contributed by atoms with Crippen molar-refractivity contribution in [1.29, 1.82) is 0 Å². The van der Waals surface area contributed by atoms with E-state index in [2.05, 4.69) is 22.0 Å². The molecule has 1 aliphatic rings. The predicted octanol–water partition coefficient (Wildman–Crippen LogP) is 2.10. The molecule has 1 fully saturated rings. The second kappa shape index (κ2) is 7.68. The Morgan fingerprint density at radius 3 is 2.68 bits per heavy atom. The summed E-state index contributed by atoms with van der Waals surface area (Å²) in [4.78, 5) is 6.34. The summed E-state index contributed by atoms with van der Waals surface area (Å²) in [6.07, 6.45) is 4.93. The van der Waals surface area contributed by atoms with E-state index >= 15 is 0 Å². The molecule has 0 N–H and O–H groups in total. The van der Waals surface area contributed by atoms with E-state index in [4.69, 9.17) is 4.74 Å². The smallest absolute Gasteiger partial charge is 0.227 e. The quantitative estimate of drug-likeness (QED) is 0.754. The Balaban J connectivity index is 1.78. The molecule has 1 saturated heterocycles. The predicted molar refractivity (Wildman–Crippen MR) is 95.9 cm³/mol. The molecule has 1 aromatic heterocycles. The van der Waals surface area contributed by atoms with Gasteiger partial charge in [0.25, 0.3) is 0 Å². The normalized spacial score (nSPS) is 18.1. The van der Waals surface area contributed by atoms with Crippen molar-refractivity contribution in [3.8, 4) is 0 Å². The molecule has 25 heavy (non-hydrogen) atoms. The van der Waals surface area contributed by atoms with Crippen LogP contribution in [-0.4, -0.2) is 48.9 Å². The first kappa shape index (κ1) is 18.1. The zero-order valence-electron chi connectivity index (χ0n) is 14.8. The monoisotopic (exact) mass is 363 g/mol. The average Bonchev–Trinajstić information content (AvgIpc) is 3.19. The summed E-state index contributed by atoms with van der Waals surface area (Å²) in [7, 11) is -1.35. The van der Waals surface area contributed by atoms with Crippen molar-refractivity contribution in [1.82, 2.24) is 14.5 Å². The first-order valence-electron chi connectivity index (χ1n) is 8.52. The molecule has 136 valence electrons. The van der Waals surface area contributed by atoms with Crippen molar-refractivity contribution < 1.29 is 13.2 Å². The van der Waals surface area contributed by atoms with Crippen LogP contribution in [0.2, 0.25) is 0 Å². The molecule has 3 rings (SSSR count). The van der Waals surface area contributed by atoms with Gasteiger partial charge in [0.1, 0.15) is 0 Å². The first-order chi connectivity index (χ1) is 11.9. The lowest BCUT2D eigenvalue weighted by Crippen LogP contribution is -2.24. The molecule has 0 aliphatic carbocycles. The SMILES string of the molecule is CN(Cc1ccccc1)Cc1cnc(S(C)(=O)=O)n1C[C@@H]1CCCO1. The van der Waals surface area contributed by atoms with E-state index < -0.39 is 9.84 Å². The largest absolute Gasteiger partial charge is 0.376 e. The number of sulfone groups is 1. The fourth-order valence-electron chi connectivity index (χ4n) is 3.23. The number of nitrogens with zero attached hydrogens (tertiary/aromatic N) is 3. The van der Waals surface area contributed by atoms with E-state index in [1.807, 2.05) is 29.8 Å². The van der Waals surface area contributed by atoms with Crippen molar-refractivity contribution >= 4 is 9.84 Å². The number of hydrogen-bond donors (Lipinski definition) is 0. The summed E-state index contributed by atoms with van der Waals surface area (Å²) < 4.78 is 31.7. The van der Waals surface area contributed by atoms with Crippen LogP contribution in [0, 0.1) is 0 Å². The molecule has 7 heteroatoms. The number of ether oxygens (including phenoxy) is 1. The summed E-state index contributed by atoms with van der Waals surface area (Å²) in [6, 6.07) is 10.2. The Morgan fingerprint density at radius 1 is 1.28 bits per heavy atom. The molecule has 1 aromatic carbocycles. The molecule has 1 atom stereocenters. The van der Waals surface area contributed by atoms with Gasteiger partial charge in [0, 0.05) is 26.0 Å². The number of benzene rings is 1. The van der Waals surface area contributed by atoms with Crippen LogP contribution < -0.4 is 0 Å². The van der Waals surface area contributed by atoms with Crippen LogP contribution in [0.15, 0.2) is 41.7 Å². The van der Waals surface area contributed by atoms with E-state index in [0.717, 1.165) is 31.7 Å². The maximum Gasteiger partial charge on any atom is 0.227 e. The van der Waals surface area contributed by atoms with Crippen LogP contribution in [-0.2, 0) is 34.2 Å². The Kier molecular flexibility index (Phi) is 5.56. The van der Waals surface area contributed by atoms with E-state index in [1.54, 1.807) is 6.20 Å². The minimum Gasteiger partial charge on any atom is -0.376 e. The van der Waals surface area contributed by atoms with E-state index in [9.17, 15) is 8.42 Å². The van der Waals surface area contributed by atoms with Crippen LogP contribution >= 0.6 is 0 Å². The summed E-state index contributed by atoms with van der Waals surface area (Å²) in [6.45, 7) is 2.71. The number of rotatable bonds is 7. The molecule has 0 bridgehead atoms. The number of hydrogen-bond acceptors (Lipinski definition) is 5. The lowest BCUT2D eigenvalue weighted by atomic mass is 10.2. The van der Waals surface area contributed by atoms with E-state index in [0.29, 0.717) is 13.1 Å². The Morgan fingerprint density at radius 2 is 2.04 bits per heavy atom. The van der Waals surface area contributed by atoms with Crippen molar-refractivity contribution in [2.75, 3.05) is 19.9 Å². The standard InChI is InChI=1S/C18H25N3O3S/c1-20(12-15-7-4-3-5-8-15)13-16-11-19-18(25(2,22)23)21(16)14-17-9-6-10-24-17/h3-5,7-8,11,17H,6,9-10,12-14H2,1-2H3/t17-/m0/s1.